The van der Waals surface area contributed by atoms with Gasteiger partial charge >= 0.3 is 5.78 Å². The van der Waals surface area contributed by atoms with E-state index in [1.165, 1.54) is 33.4 Å². The number of benzene rings is 3. The van der Waals surface area contributed by atoms with Crippen LogP contribution in [0.3, 0.4) is 0 Å². The van der Waals surface area contributed by atoms with Crippen molar-refractivity contribution in [1.82, 2.24) is 4.98 Å². The van der Waals surface area contributed by atoms with Gasteiger partial charge in [0.15, 0.2) is 0 Å². The first-order chi connectivity index (χ1) is 17.0. The maximum atomic E-state index is 9.60. The summed E-state index contributed by atoms with van der Waals surface area (Å²) >= 11 is 0. The minimum Gasteiger partial charge on any atom is -0.511 e. The third kappa shape index (κ3) is 5.51. The second-order valence-electron chi connectivity index (χ2n) is 13.1. The summed E-state index contributed by atoms with van der Waals surface area (Å²) in [4.78, 5) is 14.4. The molecule has 0 atom stereocenters. The Labute approximate surface area is 239 Å². The van der Waals surface area contributed by atoms with E-state index in [-0.39, 0.29) is 47.9 Å². The van der Waals surface area contributed by atoms with Crippen LogP contribution in [0.15, 0.2) is 52.8 Å². The molecule has 203 valence electrons. The molecule has 0 unspecified atom stereocenters. The van der Waals surface area contributed by atoms with Gasteiger partial charge in [-0.2, -0.15) is 0 Å². The second-order valence-corrected chi connectivity index (χ2v) is 13.1. The van der Waals surface area contributed by atoms with E-state index in [1.807, 2.05) is 59.9 Å². The summed E-state index contributed by atoms with van der Waals surface area (Å²) in [5.74, 6) is 0.417. The van der Waals surface area contributed by atoms with E-state index in [4.69, 9.17) is 9.40 Å². The Morgan fingerprint density at radius 1 is 0.947 bits per heavy atom. The Hall–Kier alpha value is -2.75. The molecule has 0 aliphatic carbocycles. The van der Waals surface area contributed by atoms with Gasteiger partial charge < -0.3 is 14.5 Å². The molecule has 2 N–H and O–H groups in total. The summed E-state index contributed by atoms with van der Waals surface area (Å²) in [5, 5.41) is 15.4. The van der Waals surface area contributed by atoms with Gasteiger partial charge in [0.2, 0.25) is 0 Å². The van der Waals surface area contributed by atoms with E-state index >= 15 is 0 Å². The van der Waals surface area contributed by atoms with Crippen LogP contribution in [-0.4, -0.2) is 20.7 Å². The molecule has 3 aromatic carbocycles. The molecule has 0 bridgehead atoms. The minimum atomic E-state index is -0.306. The molecule has 0 spiro atoms. The summed E-state index contributed by atoms with van der Waals surface area (Å²) < 4.78 is 6.17. The van der Waals surface area contributed by atoms with Gasteiger partial charge in [0.05, 0.1) is 17.1 Å². The summed E-state index contributed by atoms with van der Waals surface area (Å²) in [6.45, 7) is 20.2. The number of hydrogen-bond acceptors (Lipinski definition) is 3. The van der Waals surface area contributed by atoms with Crippen molar-refractivity contribution in [3.8, 4) is 0 Å². The molecule has 1 radical (unpaired) electrons. The number of aryl methyl sites for hydroxylation is 1. The molecule has 2 heterocycles. The van der Waals surface area contributed by atoms with Crippen molar-refractivity contribution in [2.75, 3.05) is 0 Å². The van der Waals surface area contributed by atoms with E-state index < -0.39 is 0 Å². The largest absolute Gasteiger partial charge is 0.511 e. The summed E-state index contributed by atoms with van der Waals surface area (Å²) in [6.07, 6.45) is 3.45. The third-order valence-corrected chi connectivity index (χ3v) is 6.87. The average Bonchev–Trinajstić information content (AvgIpc) is 3.18. The van der Waals surface area contributed by atoms with Crippen molar-refractivity contribution in [3.05, 3.63) is 65.6 Å². The summed E-state index contributed by atoms with van der Waals surface area (Å²) in [6, 6.07) is 14.0. The van der Waals surface area contributed by atoms with Gasteiger partial charge in [-0.3, -0.25) is 4.79 Å². The van der Waals surface area contributed by atoms with Crippen LogP contribution in [0.25, 0.3) is 43.6 Å². The van der Waals surface area contributed by atoms with Crippen LogP contribution in [-0.2, 0) is 25.5 Å². The zero-order valence-electron chi connectivity index (χ0n) is 24.1. The number of aliphatic hydroxyl groups is 1. The Morgan fingerprint density at radius 3 is 2.18 bits per heavy atom. The number of aliphatic hydroxyl groups excluding tert-OH is 1. The molecule has 0 aliphatic heterocycles. The van der Waals surface area contributed by atoms with Gasteiger partial charge in [-0.1, -0.05) is 71.2 Å². The zero-order chi connectivity index (χ0) is 27.5. The van der Waals surface area contributed by atoms with Crippen LogP contribution in [0.2, 0.25) is 0 Å². The number of carbonyl (C=O) groups excluding carboxylic acids is 1. The molecule has 0 fully saturated rings. The first kappa shape index (κ1) is 29.8. The summed E-state index contributed by atoms with van der Waals surface area (Å²) in [5.41, 5.74) is 4.77. The molecule has 2 aromatic heterocycles. The standard InChI is InChI=1S/C22H18NO.C11H20O2.Ir/c1-12-8-9-14-16-10-13(22(2,3)4)11-23-20(16)15-6-5-7-17-18(15)19(14)21(12)24-17;1-10(2,3)8(12)7-9(13)11(4,5)6;/h5,7-11H,1-4H3;7,12H,1-6H3;/q-1;;/p+1/b;8-7-;. The van der Waals surface area contributed by atoms with Crippen LogP contribution in [0.4, 0.5) is 0 Å². The predicted molar refractivity (Wildman–Crippen MR) is 157 cm³/mol. The molecule has 5 aromatic rings. The van der Waals surface area contributed by atoms with E-state index in [2.05, 4.69) is 52.0 Å². The van der Waals surface area contributed by atoms with Crippen molar-refractivity contribution in [1.29, 1.82) is 0 Å². The van der Waals surface area contributed by atoms with Crippen molar-refractivity contribution < 1.29 is 34.4 Å². The SMILES string of the molecule is CC(C)(C)C(=[OH+])/C=C(\O)C(C)(C)C.Cc1ccc2c3cc(C(C)(C)C)cnc3c3[c-]ccc4oc1c2c43.[Ir]. The van der Waals surface area contributed by atoms with Crippen LogP contribution < -0.4 is 0 Å². The van der Waals surface area contributed by atoms with E-state index in [1.54, 1.807) is 0 Å². The molecule has 5 rings (SSSR count). The maximum Gasteiger partial charge on any atom is 0.325 e. The molecule has 0 saturated carbocycles. The maximum absolute atomic E-state index is 9.60. The Kier molecular flexibility index (Phi) is 7.91. The number of pyridine rings is 1. The fourth-order valence-electron chi connectivity index (χ4n) is 4.24. The van der Waals surface area contributed by atoms with Gasteiger partial charge in [-0.15, -0.1) is 17.5 Å². The number of rotatable bonds is 1. The normalized spacial score (nSPS) is 13.2. The smallest absolute Gasteiger partial charge is 0.325 e. The Balaban J connectivity index is 0.000000248. The predicted octanol–water partition coefficient (Wildman–Crippen LogP) is 9.19. The van der Waals surface area contributed by atoms with Crippen LogP contribution >= 0.6 is 0 Å². The van der Waals surface area contributed by atoms with Gasteiger partial charge in [0, 0.05) is 31.7 Å². The zero-order valence-corrected chi connectivity index (χ0v) is 26.5. The molecule has 0 saturated heterocycles. The van der Waals surface area contributed by atoms with Crippen molar-refractivity contribution in [2.45, 2.75) is 74.7 Å². The van der Waals surface area contributed by atoms with Crippen molar-refractivity contribution in [3.63, 3.8) is 0 Å². The van der Waals surface area contributed by atoms with E-state index in [0.717, 1.165) is 27.5 Å². The average molecular weight is 690 g/mol. The quantitative estimate of drug-likeness (QED) is 0.0628. The summed E-state index contributed by atoms with van der Waals surface area (Å²) in [7, 11) is 0. The number of aromatic nitrogens is 1. The molecule has 0 aliphatic rings. The number of allylic oxidation sites excluding steroid dienone is 2. The fraction of sp³-hybridized carbons (Fsp3) is 0.394. The van der Waals surface area contributed by atoms with Crippen molar-refractivity contribution >= 4 is 49.4 Å². The van der Waals surface area contributed by atoms with E-state index in [0.29, 0.717) is 0 Å². The monoisotopic (exact) mass is 690 g/mol. The first-order valence-corrected chi connectivity index (χ1v) is 12.9. The molecular formula is C33H39IrNO3. The number of ketones is 1. The van der Waals surface area contributed by atoms with Gasteiger partial charge in [-0.25, -0.2) is 0 Å². The molecule has 4 nitrogen and oxygen atoms in total. The van der Waals surface area contributed by atoms with Crippen LogP contribution in [0.1, 0.15) is 73.4 Å². The van der Waals surface area contributed by atoms with Gasteiger partial charge in [-0.05, 0) is 65.9 Å². The number of furan rings is 1. The minimum absolute atomic E-state index is 0. The molecular weight excluding hydrogens is 651 g/mol. The fourth-order valence-corrected chi connectivity index (χ4v) is 4.24. The molecule has 38 heavy (non-hydrogen) atoms. The molecule has 0 amide bonds. The number of nitrogens with zero attached hydrogens (tertiary/aromatic N) is 1. The topological polar surface area (TPSA) is 67.7 Å². The van der Waals surface area contributed by atoms with Crippen molar-refractivity contribution in [2.24, 2.45) is 10.8 Å². The first-order valence-electron chi connectivity index (χ1n) is 12.9. The third-order valence-electron chi connectivity index (χ3n) is 6.87. The second kappa shape index (κ2) is 10.1. The van der Waals surface area contributed by atoms with Crippen LogP contribution in [0.5, 0.6) is 0 Å². The molecule has 5 heteroatoms. The number of hydrogen-bond donors (Lipinski definition) is 1. The van der Waals surface area contributed by atoms with Gasteiger partial charge in [0.25, 0.3) is 0 Å². The van der Waals surface area contributed by atoms with Gasteiger partial charge in [0.1, 0.15) is 11.3 Å². The van der Waals surface area contributed by atoms with E-state index in [9.17, 15) is 9.90 Å². The Bertz CT molecular complexity index is 1650. The number of fused-ring (bicyclic) bond motifs is 3. The Morgan fingerprint density at radius 2 is 1.61 bits per heavy atom. The van der Waals surface area contributed by atoms with Crippen LogP contribution in [0, 0.1) is 23.8 Å².